The van der Waals surface area contributed by atoms with Gasteiger partial charge < -0.3 is 19.3 Å². The van der Waals surface area contributed by atoms with Gasteiger partial charge in [0, 0.05) is 19.2 Å². The predicted molar refractivity (Wildman–Crippen MR) is 66.7 cm³/mol. The zero-order chi connectivity index (χ0) is 12.6. The van der Waals surface area contributed by atoms with Crippen LogP contribution in [0.5, 0.6) is 11.5 Å². The second-order valence-corrected chi connectivity index (χ2v) is 3.67. The summed E-state index contributed by atoms with van der Waals surface area (Å²) in [6, 6.07) is 9.41. The highest BCUT2D eigenvalue weighted by Crippen LogP contribution is 2.25. The Hall–Kier alpha value is -2.01. The maximum atomic E-state index is 5.62. The summed E-state index contributed by atoms with van der Waals surface area (Å²) in [7, 11) is 1.63. The molecular weight excluding hydrogens is 232 g/mol. The second-order valence-electron chi connectivity index (χ2n) is 3.67. The number of hydrogen-bond donors (Lipinski definition) is 1. The Bertz CT molecular complexity index is 457. The smallest absolute Gasteiger partial charge is 0.161 e. The molecule has 0 aliphatic carbocycles. The van der Waals surface area contributed by atoms with Crippen LogP contribution < -0.4 is 14.8 Å². The number of benzene rings is 1. The van der Waals surface area contributed by atoms with Crippen LogP contribution in [-0.4, -0.2) is 25.4 Å². The van der Waals surface area contributed by atoms with Crippen molar-refractivity contribution < 1.29 is 14.0 Å². The molecule has 0 unspecified atom stereocenters. The van der Waals surface area contributed by atoms with Crippen molar-refractivity contribution in [3.63, 3.8) is 0 Å². The summed E-state index contributed by atoms with van der Waals surface area (Å²) in [5.74, 6) is 1.50. The third-order valence-electron chi connectivity index (χ3n) is 2.40. The molecule has 1 heterocycles. The largest absolute Gasteiger partial charge is 0.493 e. The lowest BCUT2D eigenvalue weighted by Gasteiger charge is -2.10. The lowest BCUT2D eigenvalue weighted by Crippen LogP contribution is -2.20. The molecule has 18 heavy (non-hydrogen) atoms. The summed E-state index contributed by atoms with van der Waals surface area (Å²) in [5, 5.41) is 7.01. The van der Waals surface area contributed by atoms with E-state index in [1.165, 1.54) is 0 Å². The SMILES string of the molecule is COc1ccccc1OCCNCc1ccon1. The first-order valence-electron chi connectivity index (χ1n) is 5.76. The van der Waals surface area contributed by atoms with Gasteiger partial charge in [-0.05, 0) is 12.1 Å². The molecule has 0 saturated heterocycles. The van der Waals surface area contributed by atoms with Crippen LogP contribution in [0, 0.1) is 0 Å². The molecule has 96 valence electrons. The Balaban J connectivity index is 1.69. The fraction of sp³-hybridized carbons (Fsp3) is 0.308. The molecule has 0 fully saturated rings. The van der Waals surface area contributed by atoms with Gasteiger partial charge in [-0.2, -0.15) is 0 Å². The Morgan fingerprint density at radius 3 is 2.78 bits per heavy atom. The van der Waals surface area contributed by atoms with E-state index in [9.17, 15) is 0 Å². The third kappa shape index (κ3) is 3.49. The van der Waals surface area contributed by atoms with Crippen LogP contribution in [-0.2, 0) is 6.54 Å². The average molecular weight is 248 g/mol. The van der Waals surface area contributed by atoms with Gasteiger partial charge in [0.15, 0.2) is 11.5 Å². The van der Waals surface area contributed by atoms with E-state index in [2.05, 4.69) is 10.5 Å². The Kier molecular flexibility index (Phi) is 4.60. The van der Waals surface area contributed by atoms with Crippen LogP contribution >= 0.6 is 0 Å². The molecule has 1 aromatic carbocycles. The minimum atomic E-state index is 0.568. The summed E-state index contributed by atoms with van der Waals surface area (Å²) >= 11 is 0. The highest BCUT2D eigenvalue weighted by Gasteiger charge is 2.01. The van der Waals surface area contributed by atoms with Gasteiger partial charge in [0.1, 0.15) is 12.9 Å². The number of ether oxygens (including phenoxy) is 2. The molecule has 0 atom stereocenters. The standard InChI is InChI=1S/C13H16N2O3/c1-16-12-4-2-3-5-13(12)17-9-7-14-10-11-6-8-18-15-11/h2-6,8,14H,7,9-10H2,1H3. The minimum absolute atomic E-state index is 0.568. The van der Waals surface area contributed by atoms with E-state index in [1.54, 1.807) is 13.4 Å². The molecule has 0 aliphatic rings. The molecule has 0 spiro atoms. The molecule has 0 radical (unpaired) electrons. The quantitative estimate of drug-likeness (QED) is 0.758. The molecule has 0 saturated carbocycles. The molecule has 0 amide bonds. The summed E-state index contributed by atoms with van der Waals surface area (Å²) < 4.78 is 15.5. The number of aromatic nitrogens is 1. The van der Waals surface area contributed by atoms with Gasteiger partial charge in [0.05, 0.1) is 12.8 Å². The third-order valence-corrected chi connectivity index (χ3v) is 2.40. The first kappa shape index (κ1) is 12.4. The maximum Gasteiger partial charge on any atom is 0.161 e. The van der Waals surface area contributed by atoms with Gasteiger partial charge in [0.2, 0.25) is 0 Å². The van der Waals surface area contributed by atoms with Gasteiger partial charge in [-0.3, -0.25) is 0 Å². The van der Waals surface area contributed by atoms with E-state index < -0.39 is 0 Å². The van der Waals surface area contributed by atoms with Gasteiger partial charge in [-0.15, -0.1) is 0 Å². The number of nitrogens with one attached hydrogen (secondary N) is 1. The normalized spacial score (nSPS) is 10.3. The first-order valence-corrected chi connectivity index (χ1v) is 5.76. The van der Waals surface area contributed by atoms with E-state index in [0.717, 1.165) is 23.7 Å². The number of rotatable bonds is 7. The van der Waals surface area contributed by atoms with Crippen molar-refractivity contribution in [1.82, 2.24) is 10.5 Å². The van der Waals surface area contributed by atoms with Crippen molar-refractivity contribution in [2.75, 3.05) is 20.3 Å². The number of hydrogen-bond acceptors (Lipinski definition) is 5. The molecule has 1 N–H and O–H groups in total. The van der Waals surface area contributed by atoms with Crippen LogP contribution in [0.2, 0.25) is 0 Å². The summed E-state index contributed by atoms with van der Waals surface area (Å²) in [6.45, 7) is 1.97. The van der Waals surface area contributed by atoms with Crippen LogP contribution in [0.15, 0.2) is 41.1 Å². The van der Waals surface area contributed by atoms with Crippen LogP contribution in [0.3, 0.4) is 0 Å². The predicted octanol–water partition coefficient (Wildman–Crippen LogP) is 1.85. The van der Waals surface area contributed by atoms with E-state index in [4.69, 9.17) is 14.0 Å². The van der Waals surface area contributed by atoms with Crippen molar-refractivity contribution in [1.29, 1.82) is 0 Å². The molecule has 0 aliphatic heterocycles. The van der Waals surface area contributed by atoms with Crippen molar-refractivity contribution in [3.8, 4) is 11.5 Å². The first-order chi connectivity index (χ1) is 8.90. The number of para-hydroxylation sites is 2. The van der Waals surface area contributed by atoms with Crippen LogP contribution in [0.25, 0.3) is 0 Å². The van der Waals surface area contributed by atoms with Gasteiger partial charge in [-0.1, -0.05) is 17.3 Å². The van der Waals surface area contributed by atoms with Crippen molar-refractivity contribution in [3.05, 3.63) is 42.3 Å². The van der Waals surface area contributed by atoms with E-state index in [0.29, 0.717) is 13.2 Å². The zero-order valence-electron chi connectivity index (χ0n) is 10.3. The fourth-order valence-electron chi connectivity index (χ4n) is 1.52. The Labute approximate surface area is 106 Å². The molecule has 2 rings (SSSR count). The summed E-state index contributed by atoms with van der Waals surface area (Å²) in [5.41, 5.74) is 0.882. The zero-order valence-corrected chi connectivity index (χ0v) is 10.3. The second kappa shape index (κ2) is 6.66. The minimum Gasteiger partial charge on any atom is -0.493 e. The van der Waals surface area contributed by atoms with Crippen molar-refractivity contribution in [2.24, 2.45) is 0 Å². The highest BCUT2D eigenvalue weighted by molar-refractivity contribution is 5.39. The molecule has 2 aromatic rings. The van der Waals surface area contributed by atoms with Crippen LogP contribution in [0.1, 0.15) is 5.69 Å². The number of nitrogens with zero attached hydrogens (tertiary/aromatic N) is 1. The maximum absolute atomic E-state index is 5.62. The molecule has 0 bridgehead atoms. The fourth-order valence-corrected chi connectivity index (χ4v) is 1.52. The van der Waals surface area contributed by atoms with E-state index >= 15 is 0 Å². The van der Waals surface area contributed by atoms with Crippen LogP contribution in [0.4, 0.5) is 0 Å². The van der Waals surface area contributed by atoms with E-state index in [-0.39, 0.29) is 0 Å². The number of methoxy groups -OCH3 is 1. The van der Waals surface area contributed by atoms with Gasteiger partial charge in [-0.25, -0.2) is 0 Å². The summed E-state index contributed by atoms with van der Waals surface area (Å²) in [6.07, 6.45) is 1.56. The Morgan fingerprint density at radius 1 is 1.22 bits per heavy atom. The highest BCUT2D eigenvalue weighted by atomic mass is 16.5. The van der Waals surface area contributed by atoms with Crippen molar-refractivity contribution in [2.45, 2.75) is 6.54 Å². The molecular formula is C13H16N2O3. The molecule has 1 aromatic heterocycles. The van der Waals surface area contributed by atoms with Crippen molar-refractivity contribution >= 4 is 0 Å². The molecule has 5 nitrogen and oxygen atoms in total. The lowest BCUT2D eigenvalue weighted by molar-refractivity contribution is 0.291. The van der Waals surface area contributed by atoms with Gasteiger partial charge >= 0.3 is 0 Å². The molecule has 5 heteroatoms. The van der Waals surface area contributed by atoms with Gasteiger partial charge in [0.25, 0.3) is 0 Å². The monoisotopic (exact) mass is 248 g/mol. The average Bonchev–Trinajstić information content (AvgIpc) is 2.92. The summed E-state index contributed by atoms with van der Waals surface area (Å²) in [4.78, 5) is 0. The Morgan fingerprint density at radius 2 is 2.06 bits per heavy atom. The topological polar surface area (TPSA) is 56.5 Å². The lowest BCUT2D eigenvalue weighted by atomic mass is 10.3. The van der Waals surface area contributed by atoms with E-state index in [1.807, 2.05) is 30.3 Å².